The van der Waals surface area contributed by atoms with Gasteiger partial charge in [-0.2, -0.15) is 4.89 Å². The van der Waals surface area contributed by atoms with Crippen molar-refractivity contribution < 1.29 is 39.7 Å². The van der Waals surface area contributed by atoms with Gasteiger partial charge in [0.1, 0.15) is 25.4 Å². The number of hydrogen-bond donors (Lipinski definition) is 3. The molecule has 0 aromatic rings. The molecule has 8 nitrogen and oxygen atoms in total. The van der Waals surface area contributed by atoms with Crippen LogP contribution in [-0.2, 0) is 24.3 Å². The molecule has 2 atom stereocenters. The standard InChI is InChI=1S/C20H40O8/c1-2-3-4-5-6-7-8-9-10-11-12-13-20(24)28-26-17-19(15-22)27-25-16-18(23)14-21/h18-19,21-23H,2-17H2,1H3. The lowest BCUT2D eigenvalue weighted by molar-refractivity contribution is -0.365. The number of carbonyl (C=O) groups excluding carboxylic acids is 1. The Morgan fingerprint density at radius 1 is 0.786 bits per heavy atom. The van der Waals surface area contributed by atoms with E-state index >= 15 is 0 Å². The number of rotatable bonds is 21. The molecule has 0 aliphatic rings. The van der Waals surface area contributed by atoms with Crippen molar-refractivity contribution in [3.8, 4) is 0 Å². The van der Waals surface area contributed by atoms with E-state index in [9.17, 15) is 4.79 Å². The van der Waals surface area contributed by atoms with E-state index in [4.69, 9.17) is 25.1 Å². The van der Waals surface area contributed by atoms with Crippen LogP contribution in [0.3, 0.4) is 0 Å². The molecule has 168 valence electrons. The van der Waals surface area contributed by atoms with Crippen molar-refractivity contribution >= 4 is 5.97 Å². The first-order valence-electron chi connectivity index (χ1n) is 10.6. The highest BCUT2D eigenvalue weighted by Crippen LogP contribution is 2.12. The monoisotopic (exact) mass is 408 g/mol. The molecular formula is C20H40O8. The average Bonchev–Trinajstić information content (AvgIpc) is 2.70. The summed E-state index contributed by atoms with van der Waals surface area (Å²) < 4.78 is 0. The third kappa shape index (κ3) is 18.6. The van der Waals surface area contributed by atoms with Gasteiger partial charge >= 0.3 is 5.97 Å². The predicted molar refractivity (Wildman–Crippen MR) is 104 cm³/mol. The van der Waals surface area contributed by atoms with Gasteiger partial charge in [0.05, 0.1) is 13.2 Å². The fourth-order valence-corrected chi connectivity index (χ4v) is 2.53. The Bertz CT molecular complexity index is 340. The van der Waals surface area contributed by atoms with E-state index in [-0.39, 0.29) is 13.2 Å². The van der Waals surface area contributed by atoms with E-state index in [1.54, 1.807) is 0 Å². The van der Waals surface area contributed by atoms with Crippen LogP contribution >= 0.6 is 0 Å². The lowest BCUT2D eigenvalue weighted by atomic mass is 10.1. The predicted octanol–water partition coefficient (Wildman–Crippen LogP) is 2.82. The fourth-order valence-electron chi connectivity index (χ4n) is 2.53. The first kappa shape index (κ1) is 27.2. The van der Waals surface area contributed by atoms with E-state index < -0.39 is 31.4 Å². The quantitative estimate of drug-likeness (QED) is 0.151. The third-order valence-electron chi connectivity index (χ3n) is 4.27. The Morgan fingerprint density at radius 2 is 1.36 bits per heavy atom. The molecule has 0 saturated heterocycles. The van der Waals surface area contributed by atoms with Crippen molar-refractivity contribution in [2.75, 3.05) is 26.4 Å². The average molecular weight is 409 g/mol. The van der Waals surface area contributed by atoms with Crippen LogP contribution in [-0.4, -0.2) is 59.9 Å². The molecule has 0 amide bonds. The summed E-state index contributed by atoms with van der Waals surface area (Å²) in [5.41, 5.74) is 0. The van der Waals surface area contributed by atoms with Gasteiger partial charge in [0.15, 0.2) is 0 Å². The molecule has 3 N–H and O–H groups in total. The van der Waals surface area contributed by atoms with Gasteiger partial charge < -0.3 is 15.3 Å². The minimum Gasteiger partial charge on any atom is -0.394 e. The number of aliphatic hydroxyl groups excluding tert-OH is 3. The Balaban J connectivity index is 3.44. The van der Waals surface area contributed by atoms with Crippen LogP contribution < -0.4 is 0 Å². The van der Waals surface area contributed by atoms with Crippen LogP contribution in [0, 0.1) is 0 Å². The van der Waals surface area contributed by atoms with Gasteiger partial charge in [-0.3, -0.25) is 4.89 Å². The molecule has 0 spiro atoms. The highest BCUT2D eigenvalue weighted by atomic mass is 17.2. The molecule has 0 aromatic heterocycles. The SMILES string of the molecule is CCCCCCCCCCCCCC(=O)OOCC(CO)OOCC(O)CO. The van der Waals surface area contributed by atoms with Gasteiger partial charge in [-0.15, -0.1) is 0 Å². The molecule has 0 fully saturated rings. The Hall–Kier alpha value is -0.770. The zero-order valence-electron chi connectivity index (χ0n) is 17.4. The summed E-state index contributed by atoms with van der Waals surface area (Å²) in [6.45, 7) is 0.916. The zero-order valence-corrected chi connectivity index (χ0v) is 17.4. The molecule has 0 bridgehead atoms. The minimum atomic E-state index is -1.07. The fraction of sp³-hybridized carbons (Fsp3) is 0.950. The second kappa shape index (κ2) is 21.0. The number of carbonyl (C=O) groups is 1. The highest BCUT2D eigenvalue weighted by molar-refractivity contribution is 5.68. The maximum Gasteiger partial charge on any atom is 0.342 e. The Morgan fingerprint density at radius 3 is 1.89 bits per heavy atom. The van der Waals surface area contributed by atoms with Crippen LogP contribution in [0.1, 0.15) is 84.0 Å². The number of unbranched alkanes of at least 4 members (excludes halogenated alkanes) is 10. The summed E-state index contributed by atoms with van der Waals surface area (Å²) in [4.78, 5) is 30.4. The van der Waals surface area contributed by atoms with Gasteiger partial charge in [0, 0.05) is 6.42 Å². The molecule has 0 aliphatic carbocycles. The van der Waals surface area contributed by atoms with Gasteiger partial charge in [0.2, 0.25) is 0 Å². The van der Waals surface area contributed by atoms with Crippen molar-refractivity contribution in [2.45, 2.75) is 96.2 Å². The number of aliphatic hydroxyl groups is 3. The zero-order chi connectivity index (χ0) is 20.9. The molecular weight excluding hydrogens is 368 g/mol. The van der Waals surface area contributed by atoms with Crippen molar-refractivity contribution in [2.24, 2.45) is 0 Å². The molecule has 8 heteroatoms. The smallest absolute Gasteiger partial charge is 0.342 e. The largest absolute Gasteiger partial charge is 0.394 e. The first-order valence-corrected chi connectivity index (χ1v) is 10.6. The Labute approximate surface area is 169 Å². The van der Waals surface area contributed by atoms with Crippen LogP contribution in [0.2, 0.25) is 0 Å². The van der Waals surface area contributed by atoms with E-state index in [2.05, 4.69) is 16.7 Å². The molecule has 0 aliphatic heterocycles. The number of hydrogen-bond acceptors (Lipinski definition) is 8. The van der Waals surface area contributed by atoms with Gasteiger partial charge in [-0.05, 0) is 6.42 Å². The maximum atomic E-state index is 11.6. The molecule has 0 saturated carbocycles. The second-order valence-electron chi connectivity index (χ2n) is 7.05. The van der Waals surface area contributed by atoms with Gasteiger partial charge in [-0.1, -0.05) is 71.1 Å². The lowest BCUT2D eigenvalue weighted by Gasteiger charge is -2.14. The third-order valence-corrected chi connectivity index (χ3v) is 4.27. The van der Waals surface area contributed by atoms with Gasteiger partial charge in [0.25, 0.3) is 0 Å². The van der Waals surface area contributed by atoms with Crippen molar-refractivity contribution in [3.05, 3.63) is 0 Å². The molecule has 28 heavy (non-hydrogen) atoms. The summed E-state index contributed by atoms with van der Waals surface area (Å²) in [6.07, 6.45) is 11.7. The highest BCUT2D eigenvalue weighted by Gasteiger charge is 2.13. The summed E-state index contributed by atoms with van der Waals surface area (Å²) >= 11 is 0. The summed E-state index contributed by atoms with van der Waals surface area (Å²) in [6, 6.07) is 0. The molecule has 0 rings (SSSR count). The first-order chi connectivity index (χ1) is 13.6. The van der Waals surface area contributed by atoms with Crippen LogP contribution in [0.25, 0.3) is 0 Å². The Kier molecular flexibility index (Phi) is 20.4. The van der Waals surface area contributed by atoms with Crippen molar-refractivity contribution in [1.29, 1.82) is 0 Å². The van der Waals surface area contributed by atoms with E-state index in [0.717, 1.165) is 19.3 Å². The summed E-state index contributed by atoms with van der Waals surface area (Å²) in [7, 11) is 0. The lowest BCUT2D eigenvalue weighted by Crippen LogP contribution is -2.28. The minimum absolute atomic E-state index is 0.199. The van der Waals surface area contributed by atoms with Crippen molar-refractivity contribution in [3.63, 3.8) is 0 Å². The molecule has 0 aromatic carbocycles. The van der Waals surface area contributed by atoms with E-state index in [1.165, 1.54) is 51.4 Å². The molecule has 0 radical (unpaired) electrons. The second-order valence-corrected chi connectivity index (χ2v) is 7.05. The summed E-state index contributed by atoms with van der Waals surface area (Å²) in [5, 5.41) is 26.8. The summed E-state index contributed by atoms with van der Waals surface area (Å²) in [5.74, 6) is -0.454. The van der Waals surface area contributed by atoms with Crippen LogP contribution in [0.15, 0.2) is 0 Å². The normalized spacial score (nSPS) is 13.4. The van der Waals surface area contributed by atoms with Crippen molar-refractivity contribution in [1.82, 2.24) is 0 Å². The van der Waals surface area contributed by atoms with Crippen LogP contribution in [0.4, 0.5) is 0 Å². The topological polar surface area (TPSA) is 115 Å². The maximum absolute atomic E-state index is 11.6. The molecule has 2 unspecified atom stereocenters. The van der Waals surface area contributed by atoms with E-state index in [1.807, 2.05) is 0 Å². The van der Waals surface area contributed by atoms with Gasteiger partial charge in [-0.25, -0.2) is 14.6 Å². The van der Waals surface area contributed by atoms with Crippen LogP contribution in [0.5, 0.6) is 0 Å². The molecule has 0 heterocycles. The van der Waals surface area contributed by atoms with E-state index in [0.29, 0.717) is 6.42 Å².